The zero-order valence-corrected chi connectivity index (χ0v) is 17.9. The van der Waals surface area contributed by atoms with Crippen molar-refractivity contribution in [2.75, 3.05) is 12.9 Å². The Kier molecular flexibility index (Phi) is 6.12. The van der Waals surface area contributed by atoms with Gasteiger partial charge >= 0.3 is 0 Å². The quantitative estimate of drug-likeness (QED) is 0.322. The number of nitrogen functional groups attached to an aromatic ring is 1. The monoisotopic (exact) mass is 432 g/mol. The van der Waals surface area contributed by atoms with Crippen molar-refractivity contribution in [2.45, 2.75) is 20.9 Å². The number of thioether (sulfide) groups is 1. The Balaban J connectivity index is 2.06. The van der Waals surface area contributed by atoms with Crippen LogP contribution in [0, 0.1) is 5.41 Å². The lowest BCUT2D eigenvalue weighted by molar-refractivity contribution is 0.340. The summed E-state index contributed by atoms with van der Waals surface area (Å²) < 4.78 is 32.7. The third-order valence-corrected chi connectivity index (χ3v) is 8.37. The fraction of sp³-hybridized carbons (Fsp3) is 0.150. The summed E-state index contributed by atoms with van der Waals surface area (Å²) in [7, 11) is -3.74. The topological polar surface area (TPSA) is 93.2 Å². The third kappa shape index (κ3) is 4.09. The van der Waals surface area contributed by atoms with Gasteiger partial charge in [0.15, 0.2) is 0 Å². The van der Waals surface area contributed by atoms with Crippen LogP contribution in [0.3, 0.4) is 0 Å². The predicted molar refractivity (Wildman–Crippen MR) is 116 cm³/mol. The first-order chi connectivity index (χ1) is 13.4. The van der Waals surface area contributed by atoms with E-state index < -0.39 is 9.84 Å². The fourth-order valence-corrected chi connectivity index (χ4v) is 6.62. The Morgan fingerprint density at radius 2 is 1.82 bits per heavy atom. The smallest absolute Gasteiger partial charge is 0.208 e. The molecule has 0 bridgehead atoms. The molecule has 0 radical (unpaired) electrons. The fourth-order valence-electron chi connectivity index (χ4n) is 2.72. The van der Waals surface area contributed by atoms with E-state index >= 15 is 0 Å². The molecule has 0 amide bonds. The summed E-state index contributed by atoms with van der Waals surface area (Å²) >= 11 is 2.55. The first kappa shape index (κ1) is 20.4. The Morgan fingerprint density at radius 3 is 2.46 bits per heavy atom. The molecule has 0 aliphatic rings. The molecule has 5 nitrogen and oxygen atoms in total. The van der Waals surface area contributed by atoms with E-state index in [0.717, 1.165) is 16.9 Å². The summed E-state index contributed by atoms with van der Waals surface area (Å²) in [6.45, 7) is 2.48. The Morgan fingerprint density at radius 1 is 1.14 bits per heavy atom. The zero-order valence-electron chi connectivity index (χ0n) is 15.4. The van der Waals surface area contributed by atoms with Gasteiger partial charge in [0.1, 0.15) is 11.6 Å². The molecule has 3 rings (SSSR count). The lowest BCUT2D eigenvalue weighted by Crippen LogP contribution is -2.08. The van der Waals surface area contributed by atoms with Gasteiger partial charge in [-0.15, -0.1) is 23.1 Å². The van der Waals surface area contributed by atoms with Gasteiger partial charge in [0.2, 0.25) is 9.84 Å². The zero-order chi connectivity index (χ0) is 20.3. The van der Waals surface area contributed by atoms with Crippen LogP contribution in [0.15, 0.2) is 68.6 Å². The van der Waals surface area contributed by atoms with Gasteiger partial charge in [0.25, 0.3) is 0 Å². The van der Waals surface area contributed by atoms with Crippen molar-refractivity contribution in [1.82, 2.24) is 0 Å². The van der Waals surface area contributed by atoms with Crippen LogP contribution < -0.4 is 10.5 Å². The van der Waals surface area contributed by atoms with Crippen LogP contribution in [-0.2, 0) is 9.84 Å². The van der Waals surface area contributed by atoms with Crippen LogP contribution in [0.5, 0.6) is 5.75 Å². The molecule has 146 valence electrons. The van der Waals surface area contributed by atoms with Gasteiger partial charge in [-0.25, -0.2) is 8.42 Å². The summed E-state index contributed by atoms with van der Waals surface area (Å²) in [5.41, 5.74) is 7.21. The van der Waals surface area contributed by atoms with E-state index in [1.165, 1.54) is 29.2 Å². The number of sulfone groups is 1. The van der Waals surface area contributed by atoms with Crippen molar-refractivity contribution in [3.63, 3.8) is 0 Å². The maximum atomic E-state index is 13.3. The summed E-state index contributed by atoms with van der Waals surface area (Å²) in [6.07, 6.45) is 1.81. The molecule has 3 aromatic rings. The van der Waals surface area contributed by atoms with E-state index in [1.54, 1.807) is 18.2 Å². The molecule has 2 aromatic carbocycles. The van der Waals surface area contributed by atoms with Crippen molar-refractivity contribution in [1.29, 1.82) is 5.41 Å². The second-order valence-electron chi connectivity index (χ2n) is 5.87. The second-order valence-corrected chi connectivity index (χ2v) is 9.92. The van der Waals surface area contributed by atoms with E-state index in [4.69, 9.17) is 15.9 Å². The molecule has 3 N–H and O–H groups in total. The van der Waals surface area contributed by atoms with Crippen molar-refractivity contribution in [2.24, 2.45) is 5.73 Å². The van der Waals surface area contributed by atoms with Crippen LogP contribution in [-0.4, -0.2) is 27.1 Å². The number of hydrogen-bond acceptors (Lipinski definition) is 6. The van der Waals surface area contributed by atoms with Gasteiger partial charge in [-0.2, -0.15) is 0 Å². The van der Waals surface area contributed by atoms with E-state index in [1.807, 2.05) is 43.5 Å². The van der Waals surface area contributed by atoms with E-state index in [0.29, 0.717) is 15.7 Å². The molecular formula is C20H20N2O3S3. The highest BCUT2D eigenvalue weighted by atomic mass is 32.2. The number of amidine groups is 1. The highest BCUT2D eigenvalue weighted by Crippen LogP contribution is 2.37. The summed E-state index contributed by atoms with van der Waals surface area (Å²) in [6, 6.07) is 15.9. The SMILES string of the molecule is CCOc1cccc(-c2cccc(S(=O)(=O)c3cc(C(=N)N)sc3SC)c2)c1. The molecule has 0 fully saturated rings. The van der Waals surface area contributed by atoms with Gasteiger partial charge in [-0.3, -0.25) is 5.41 Å². The number of nitrogens with two attached hydrogens (primary N) is 1. The predicted octanol–water partition coefficient (Wildman–Crippen LogP) is 4.65. The third-order valence-electron chi connectivity index (χ3n) is 4.03. The first-order valence-electron chi connectivity index (χ1n) is 8.47. The first-order valence-corrected chi connectivity index (χ1v) is 12.0. The molecule has 1 heterocycles. The second kappa shape index (κ2) is 8.38. The minimum atomic E-state index is -3.74. The van der Waals surface area contributed by atoms with Crippen molar-refractivity contribution in [3.8, 4) is 16.9 Å². The lowest BCUT2D eigenvalue weighted by Gasteiger charge is -2.09. The van der Waals surface area contributed by atoms with Gasteiger partial charge < -0.3 is 10.5 Å². The molecule has 0 aliphatic carbocycles. The minimum absolute atomic E-state index is 0.136. The van der Waals surface area contributed by atoms with Gasteiger partial charge in [-0.1, -0.05) is 24.3 Å². The Bertz CT molecular complexity index is 1120. The van der Waals surface area contributed by atoms with Gasteiger partial charge in [0.05, 0.1) is 25.5 Å². The van der Waals surface area contributed by atoms with Gasteiger partial charge in [-0.05, 0) is 54.6 Å². The number of hydrogen-bond donors (Lipinski definition) is 2. The molecule has 1 aromatic heterocycles. The molecule has 0 spiro atoms. The normalized spacial score (nSPS) is 11.4. The molecule has 0 atom stereocenters. The van der Waals surface area contributed by atoms with Gasteiger partial charge in [0, 0.05) is 0 Å². The largest absolute Gasteiger partial charge is 0.494 e. The highest BCUT2D eigenvalue weighted by molar-refractivity contribution is 8.01. The van der Waals surface area contributed by atoms with Crippen molar-refractivity contribution in [3.05, 3.63) is 59.5 Å². The van der Waals surface area contributed by atoms with Crippen LogP contribution >= 0.6 is 23.1 Å². The molecular weight excluding hydrogens is 412 g/mol. The highest BCUT2D eigenvalue weighted by Gasteiger charge is 2.25. The summed E-state index contributed by atoms with van der Waals surface area (Å²) in [4.78, 5) is 0.842. The van der Waals surface area contributed by atoms with Crippen LogP contribution in [0.2, 0.25) is 0 Å². The standard InChI is InChI=1S/C20H20N2O3S3/c1-3-25-15-8-4-6-13(10-15)14-7-5-9-16(11-14)28(23,24)18-12-17(19(21)22)27-20(18)26-2/h4-12H,3H2,1-2H3,(H3,21,22). The van der Waals surface area contributed by atoms with E-state index in [2.05, 4.69) is 0 Å². The molecule has 0 saturated carbocycles. The maximum Gasteiger partial charge on any atom is 0.208 e. The Labute approximate surface area is 173 Å². The number of nitrogens with one attached hydrogen (secondary N) is 1. The Hall–Kier alpha value is -2.29. The molecule has 28 heavy (non-hydrogen) atoms. The summed E-state index contributed by atoms with van der Waals surface area (Å²) in [5, 5.41) is 7.60. The number of benzene rings is 2. The molecule has 0 unspecified atom stereocenters. The number of rotatable bonds is 7. The van der Waals surface area contributed by atoms with E-state index in [-0.39, 0.29) is 15.6 Å². The molecule has 8 heteroatoms. The minimum Gasteiger partial charge on any atom is -0.494 e. The maximum absolute atomic E-state index is 13.3. The number of ether oxygens (including phenoxy) is 1. The van der Waals surface area contributed by atoms with Crippen molar-refractivity contribution < 1.29 is 13.2 Å². The average molecular weight is 433 g/mol. The van der Waals surface area contributed by atoms with Crippen LogP contribution in [0.25, 0.3) is 11.1 Å². The molecule has 0 aliphatic heterocycles. The lowest BCUT2D eigenvalue weighted by atomic mass is 10.1. The summed E-state index contributed by atoms with van der Waals surface area (Å²) in [5.74, 6) is 0.602. The average Bonchev–Trinajstić information content (AvgIpc) is 3.14. The molecule has 0 saturated heterocycles. The van der Waals surface area contributed by atoms with E-state index in [9.17, 15) is 8.42 Å². The van der Waals surface area contributed by atoms with Crippen molar-refractivity contribution >= 4 is 38.8 Å². The van der Waals surface area contributed by atoms with Crippen LogP contribution in [0.1, 0.15) is 11.8 Å². The van der Waals surface area contributed by atoms with Crippen LogP contribution in [0.4, 0.5) is 0 Å². The number of thiophene rings is 1.